The minimum Gasteiger partial charge on any atom is -0.493 e. The molecule has 0 aliphatic carbocycles. The zero-order valence-corrected chi connectivity index (χ0v) is 16.8. The third-order valence-electron chi connectivity index (χ3n) is 4.22. The summed E-state index contributed by atoms with van der Waals surface area (Å²) in [7, 11) is 6.92. The van der Waals surface area contributed by atoms with E-state index >= 15 is 0 Å². The molecule has 0 unspecified atom stereocenters. The number of nitrogens with one attached hydrogen (secondary N) is 2. The summed E-state index contributed by atoms with van der Waals surface area (Å²) in [4.78, 5) is 14.6. The van der Waals surface area contributed by atoms with Crippen LogP contribution in [0.15, 0.2) is 54.7 Å². The van der Waals surface area contributed by atoms with Crippen LogP contribution in [0.3, 0.4) is 0 Å². The number of hydrogen-bond acceptors (Lipinski definition) is 7. The second-order valence-corrected chi connectivity index (χ2v) is 6.39. The van der Waals surface area contributed by atoms with E-state index in [1.165, 1.54) is 14.2 Å². The van der Waals surface area contributed by atoms with Crippen LogP contribution in [0.4, 0.5) is 22.9 Å². The summed E-state index contributed by atoms with van der Waals surface area (Å²) in [6.07, 6.45) is 1.69. The first-order valence-corrected chi connectivity index (χ1v) is 8.91. The molecule has 0 spiro atoms. The number of methoxy groups -OCH3 is 2. The highest BCUT2D eigenvalue weighted by molar-refractivity contribution is 6.06. The molecule has 3 aromatic rings. The number of amides is 1. The molecule has 2 aromatic carbocycles. The molecular weight excluding hydrogens is 370 g/mol. The SMILES string of the molecule is COc1cccc(C(=O)Nc2ccc(Nc3cc(N(C)C)cnn3)cc2)c1OC. The van der Waals surface area contributed by atoms with Gasteiger partial charge >= 0.3 is 0 Å². The highest BCUT2D eigenvalue weighted by atomic mass is 16.5. The van der Waals surface area contributed by atoms with Crippen LogP contribution in [-0.2, 0) is 0 Å². The van der Waals surface area contributed by atoms with Crippen molar-refractivity contribution in [2.45, 2.75) is 0 Å². The summed E-state index contributed by atoms with van der Waals surface area (Å²) in [5.41, 5.74) is 2.81. The highest BCUT2D eigenvalue weighted by Gasteiger charge is 2.16. The van der Waals surface area contributed by atoms with Crippen LogP contribution in [0.1, 0.15) is 10.4 Å². The number of nitrogens with zero attached hydrogens (tertiary/aromatic N) is 3. The second-order valence-electron chi connectivity index (χ2n) is 6.39. The third-order valence-corrected chi connectivity index (χ3v) is 4.22. The molecule has 0 saturated heterocycles. The standard InChI is InChI=1S/C21H23N5O3/c1-26(2)16-12-19(25-22-13-16)23-14-8-10-15(11-9-14)24-21(27)17-6-5-7-18(28-3)20(17)29-4/h5-13H,1-4H3,(H,23,25)(H,24,27). The Kier molecular flexibility index (Phi) is 6.13. The lowest BCUT2D eigenvalue weighted by atomic mass is 10.1. The van der Waals surface area contributed by atoms with E-state index in [1.807, 2.05) is 37.2 Å². The summed E-state index contributed by atoms with van der Waals surface area (Å²) in [6.45, 7) is 0. The van der Waals surface area contributed by atoms with Crippen LogP contribution in [0.5, 0.6) is 11.5 Å². The number of aromatic nitrogens is 2. The van der Waals surface area contributed by atoms with Gasteiger partial charge in [-0.15, -0.1) is 5.10 Å². The first-order chi connectivity index (χ1) is 14.0. The van der Waals surface area contributed by atoms with Gasteiger partial charge in [-0.1, -0.05) is 6.07 Å². The van der Waals surface area contributed by atoms with Gasteiger partial charge in [0.15, 0.2) is 17.3 Å². The summed E-state index contributed by atoms with van der Waals surface area (Å²) in [5.74, 6) is 1.24. The molecule has 3 rings (SSSR count). The molecule has 0 saturated carbocycles. The molecule has 8 nitrogen and oxygen atoms in total. The fraction of sp³-hybridized carbons (Fsp3) is 0.190. The van der Waals surface area contributed by atoms with Crippen LogP contribution < -0.4 is 25.0 Å². The number of hydrogen-bond donors (Lipinski definition) is 2. The maximum Gasteiger partial charge on any atom is 0.259 e. The quantitative estimate of drug-likeness (QED) is 0.634. The number of anilines is 4. The topological polar surface area (TPSA) is 88.6 Å². The molecule has 0 fully saturated rings. The number of carbonyl (C=O) groups excluding carboxylic acids is 1. The Morgan fingerprint density at radius 1 is 1.00 bits per heavy atom. The molecule has 0 radical (unpaired) electrons. The molecule has 0 bridgehead atoms. The van der Waals surface area contributed by atoms with Crippen LogP contribution >= 0.6 is 0 Å². The van der Waals surface area contributed by atoms with Crippen molar-refractivity contribution < 1.29 is 14.3 Å². The van der Waals surface area contributed by atoms with Gasteiger partial charge in [-0.05, 0) is 36.4 Å². The Bertz CT molecular complexity index is 990. The Hall–Kier alpha value is -3.81. The van der Waals surface area contributed by atoms with Gasteiger partial charge in [-0.2, -0.15) is 5.10 Å². The maximum atomic E-state index is 12.7. The van der Waals surface area contributed by atoms with Crippen molar-refractivity contribution in [2.24, 2.45) is 0 Å². The zero-order chi connectivity index (χ0) is 20.8. The van der Waals surface area contributed by atoms with E-state index < -0.39 is 0 Å². The van der Waals surface area contributed by atoms with Crippen molar-refractivity contribution in [1.29, 1.82) is 0 Å². The molecule has 0 aliphatic rings. The Morgan fingerprint density at radius 2 is 1.72 bits per heavy atom. The Balaban J connectivity index is 1.71. The van der Waals surface area contributed by atoms with Crippen molar-refractivity contribution >= 4 is 28.8 Å². The smallest absolute Gasteiger partial charge is 0.259 e. The van der Waals surface area contributed by atoms with E-state index in [0.717, 1.165) is 11.4 Å². The number of para-hydroxylation sites is 1. The average Bonchev–Trinajstić information content (AvgIpc) is 2.74. The fourth-order valence-electron chi connectivity index (χ4n) is 2.71. The molecule has 1 amide bonds. The lowest BCUT2D eigenvalue weighted by Gasteiger charge is -2.14. The van der Waals surface area contributed by atoms with Gasteiger partial charge in [0.25, 0.3) is 5.91 Å². The van der Waals surface area contributed by atoms with Crippen molar-refractivity contribution in [1.82, 2.24) is 10.2 Å². The molecule has 8 heteroatoms. The van der Waals surface area contributed by atoms with E-state index in [1.54, 1.807) is 36.5 Å². The van der Waals surface area contributed by atoms with Gasteiger partial charge in [0.2, 0.25) is 0 Å². The molecule has 1 heterocycles. The minimum absolute atomic E-state index is 0.286. The molecule has 1 aromatic heterocycles. The molecule has 0 aliphatic heterocycles. The van der Waals surface area contributed by atoms with Crippen LogP contribution in [0, 0.1) is 0 Å². The Morgan fingerprint density at radius 3 is 2.38 bits per heavy atom. The number of benzene rings is 2. The van der Waals surface area contributed by atoms with E-state index in [2.05, 4.69) is 20.8 Å². The molecule has 2 N–H and O–H groups in total. The summed E-state index contributed by atoms with van der Waals surface area (Å²) >= 11 is 0. The van der Waals surface area contributed by atoms with Crippen LogP contribution in [0.25, 0.3) is 0 Å². The van der Waals surface area contributed by atoms with Gasteiger partial charge in [-0.3, -0.25) is 4.79 Å². The molecule has 150 valence electrons. The van der Waals surface area contributed by atoms with Crippen molar-refractivity contribution in [2.75, 3.05) is 43.8 Å². The van der Waals surface area contributed by atoms with Crippen molar-refractivity contribution in [3.63, 3.8) is 0 Å². The molecule has 0 atom stereocenters. The Labute approximate surface area is 169 Å². The first-order valence-electron chi connectivity index (χ1n) is 8.91. The summed E-state index contributed by atoms with van der Waals surface area (Å²) in [6, 6.07) is 14.4. The van der Waals surface area contributed by atoms with Gasteiger partial charge in [0.05, 0.1) is 31.7 Å². The van der Waals surface area contributed by atoms with Gasteiger partial charge < -0.3 is 25.0 Å². The van der Waals surface area contributed by atoms with E-state index in [4.69, 9.17) is 9.47 Å². The maximum absolute atomic E-state index is 12.7. The lowest BCUT2D eigenvalue weighted by molar-refractivity contribution is 0.102. The largest absolute Gasteiger partial charge is 0.493 e. The van der Waals surface area contributed by atoms with Gasteiger partial charge in [-0.25, -0.2) is 0 Å². The minimum atomic E-state index is -0.286. The number of carbonyl (C=O) groups is 1. The van der Waals surface area contributed by atoms with Crippen molar-refractivity contribution in [3.05, 3.63) is 60.3 Å². The predicted molar refractivity (Wildman–Crippen MR) is 114 cm³/mol. The second kappa shape index (κ2) is 8.92. The third kappa shape index (κ3) is 4.73. The van der Waals surface area contributed by atoms with Crippen LogP contribution in [0.2, 0.25) is 0 Å². The lowest BCUT2D eigenvalue weighted by Crippen LogP contribution is -2.13. The normalized spacial score (nSPS) is 10.2. The summed E-state index contributed by atoms with van der Waals surface area (Å²) in [5, 5.41) is 14.1. The average molecular weight is 393 g/mol. The van der Waals surface area contributed by atoms with E-state index in [0.29, 0.717) is 28.6 Å². The van der Waals surface area contributed by atoms with Gasteiger partial charge in [0, 0.05) is 31.5 Å². The molecule has 29 heavy (non-hydrogen) atoms. The van der Waals surface area contributed by atoms with Crippen molar-refractivity contribution in [3.8, 4) is 11.5 Å². The monoisotopic (exact) mass is 393 g/mol. The summed E-state index contributed by atoms with van der Waals surface area (Å²) < 4.78 is 10.6. The van der Waals surface area contributed by atoms with Crippen LogP contribution in [-0.4, -0.2) is 44.4 Å². The van der Waals surface area contributed by atoms with E-state index in [-0.39, 0.29) is 5.91 Å². The number of ether oxygens (including phenoxy) is 2. The van der Waals surface area contributed by atoms with E-state index in [9.17, 15) is 4.79 Å². The number of rotatable bonds is 7. The van der Waals surface area contributed by atoms with Gasteiger partial charge in [0.1, 0.15) is 0 Å². The highest BCUT2D eigenvalue weighted by Crippen LogP contribution is 2.31. The molecular formula is C21H23N5O3. The fourth-order valence-corrected chi connectivity index (χ4v) is 2.71. The first kappa shape index (κ1) is 19.9. The zero-order valence-electron chi connectivity index (χ0n) is 16.8. The predicted octanol–water partition coefficient (Wildman–Crippen LogP) is 3.56.